The lowest BCUT2D eigenvalue weighted by Crippen LogP contribution is -2.42. The Bertz CT molecular complexity index is 373. The fraction of sp³-hybridized carbons (Fsp3) is 0.750. The van der Waals surface area contributed by atoms with Crippen molar-refractivity contribution in [2.45, 2.75) is 12.5 Å². The van der Waals surface area contributed by atoms with Crippen LogP contribution >= 0.6 is 0 Å². The van der Waals surface area contributed by atoms with E-state index in [9.17, 15) is 18.0 Å². The van der Waals surface area contributed by atoms with Gasteiger partial charge in [0.15, 0.2) is 9.84 Å². The number of carboxylic acids is 2. The zero-order valence-corrected chi connectivity index (χ0v) is 9.31. The molecule has 0 aromatic heterocycles. The van der Waals surface area contributed by atoms with Gasteiger partial charge in [0.2, 0.25) is 0 Å². The molecule has 0 aromatic rings. The molecular formula is C8H13NO6S. The average molecular weight is 251 g/mol. The Morgan fingerprint density at radius 2 is 1.69 bits per heavy atom. The van der Waals surface area contributed by atoms with Crippen LogP contribution in [0, 0.1) is 0 Å². The second-order valence-electron chi connectivity index (χ2n) is 3.75. The molecule has 0 unspecified atom stereocenters. The van der Waals surface area contributed by atoms with Gasteiger partial charge in [-0.15, -0.1) is 0 Å². The van der Waals surface area contributed by atoms with Gasteiger partial charge in [-0.25, -0.2) is 8.42 Å². The van der Waals surface area contributed by atoms with E-state index in [-0.39, 0.29) is 11.5 Å². The molecule has 1 aliphatic heterocycles. The van der Waals surface area contributed by atoms with Crippen LogP contribution in [0.2, 0.25) is 0 Å². The van der Waals surface area contributed by atoms with Gasteiger partial charge in [0.05, 0.1) is 24.6 Å². The molecule has 92 valence electrons. The molecule has 0 radical (unpaired) electrons. The summed E-state index contributed by atoms with van der Waals surface area (Å²) >= 11 is 0. The van der Waals surface area contributed by atoms with E-state index >= 15 is 0 Å². The first-order chi connectivity index (χ1) is 7.30. The number of rotatable bonds is 5. The number of hydrogen-bond donors (Lipinski definition) is 2. The first-order valence-corrected chi connectivity index (χ1v) is 6.50. The lowest BCUT2D eigenvalue weighted by Gasteiger charge is -2.23. The van der Waals surface area contributed by atoms with Gasteiger partial charge in [-0.05, 0) is 6.42 Å². The maximum Gasteiger partial charge on any atom is 0.317 e. The first kappa shape index (κ1) is 12.9. The third-order valence-electron chi connectivity index (χ3n) is 2.40. The van der Waals surface area contributed by atoms with Crippen LogP contribution in [0.5, 0.6) is 0 Å². The minimum atomic E-state index is -3.14. The van der Waals surface area contributed by atoms with Gasteiger partial charge in [-0.3, -0.25) is 14.5 Å². The fourth-order valence-corrected chi connectivity index (χ4v) is 3.49. The maximum atomic E-state index is 11.2. The van der Waals surface area contributed by atoms with Crippen molar-refractivity contribution in [3.8, 4) is 0 Å². The van der Waals surface area contributed by atoms with Crippen molar-refractivity contribution in [3.63, 3.8) is 0 Å². The van der Waals surface area contributed by atoms with E-state index < -0.39 is 40.9 Å². The number of nitrogens with zero attached hydrogens (tertiary/aromatic N) is 1. The van der Waals surface area contributed by atoms with Crippen LogP contribution in [0.4, 0.5) is 0 Å². The number of carboxylic acid groups (broad SMARTS) is 2. The molecule has 7 nitrogen and oxygen atoms in total. The van der Waals surface area contributed by atoms with E-state index in [1.165, 1.54) is 4.90 Å². The van der Waals surface area contributed by atoms with E-state index in [1.807, 2.05) is 0 Å². The first-order valence-electron chi connectivity index (χ1n) is 4.68. The quantitative estimate of drug-likeness (QED) is 0.620. The number of carbonyl (C=O) groups is 2. The van der Waals surface area contributed by atoms with Gasteiger partial charge >= 0.3 is 11.9 Å². The normalized spacial score (nSPS) is 23.4. The molecule has 1 rings (SSSR count). The van der Waals surface area contributed by atoms with Gasteiger partial charge < -0.3 is 10.2 Å². The number of sulfone groups is 1. The predicted molar refractivity (Wildman–Crippen MR) is 53.9 cm³/mol. The minimum Gasteiger partial charge on any atom is -0.480 e. The molecule has 16 heavy (non-hydrogen) atoms. The number of hydrogen-bond acceptors (Lipinski definition) is 5. The number of aliphatic carboxylic acids is 2. The van der Waals surface area contributed by atoms with E-state index in [0.29, 0.717) is 6.42 Å². The summed E-state index contributed by atoms with van der Waals surface area (Å²) in [5, 5.41) is 17.2. The van der Waals surface area contributed by atoms with Crippen molar-refractivity contribution in [1.29, 1.82) is 0 Å². The van der Waals surface area contributed by atoms with Gasteiger partial charge in [0.1, 0.15) is 0 Å². The zero-order valence-electron chi connectivity index (χ0n) is 8.50. The van der Waals surface area contributed by atoms with Crippen molar-refractivity contribution >= 4 is 21.8 Å². The minimum absolute atomic E-state index is 0.00654. The van der Waals surface area contributed by atoms with E-state index in [0.717, 1.165) is 0 Å². The van der Waals surface area contributed by atoms with Crippen LogP contribution in [0.15, 0.2) is 0 Å². The molecular weight excluding hydrogens is 238 g/mol. The van der Waals surface area contributed by atoms with Crippen LogP contribution in [-0.4, -0.2) is 66.1 Å². The van der Waals surface area contributed by atoms with E-state index in [1.54, 1.807) is 0 Å². The molecule has 0 bridgehead atoms. The average Bonchev–Trinajstić information content (AvgIpc) is 2.43. The van der Waals surface area contributed by atoms with Crippen molar-refractivity contribution < 1.29 is 28.2 Å². The molecule has 1 heterocycles. The lowest BCUT2D eigenvalue weighted by molar-refractivity contribution is -0.142. The summed E-state index contributed by atoms with van der Waals surface area (Å²) < 4.78 is 22.4. The Hall–Kier alpha value is -1.15. The van der Waals surface area contributed by atoms with Crippen molar-refractivity contribution in [2.24, 2.45) is 0 Å². The Morgan fingerprint density at radius 3 is 2.00 bits per heavy atom. The largest absolute Gasteiger partial charge is 0.480 e. The molecule has 0 aliphatic carbocycles. The summed E-state index contributed by atoms with van der Waals surface area (Å²) in [5.41, 5.74) is 0. The SMILES string of the molecule is O=C(O)CN(CC(=O)O)[C@H]1CCS(=O)(=O)C1. The van der Waals surface area contributed by atoms with Crippen molar-refractivity contribution in [3.05, 3.63) is 0 Å². The van der Waals surface area contributed by atoms with Crippen LogP contribution in [0.25, 0.3) is 0 Å². The maximum absolute atomic E-state index is 11.2. The van der Waals surface area contributed by atoms with Crippen molar-refractivity contribution in [1.82, 2.24) is 4.90 Å². The molecule has 8 heteroatoms. The molecule has 1 atom stereocenters. The van der Waals surface area contributed by atoms with Gasteiger partial charge in [-0.1, -0.05) is 0 Å². The second kappa shape index (κ2) is 4.79. The highest BCUT2D eigenvalue weighted by Gasteiger charge is 2.33. The second-order valence-corrected chi connectivity index (χ2v) is 5.98. The van der Waals surface area contributed by atoms with E-state index in [2.05, 4.69) is 0 Å². The summed E-state index contributed by atoms with van der Waals surface area (Å²) in [6, 6.07) is -0.503. The van der Waals surface area contributed by atoms with Gasteiger partial charge in [0.25, 0.3) is 0 Å². The van der Waals surface area contributed by atoms with Crippen LogP contribution < -0.4 is 0 Å². The Balaban J connectivity index is 2.69. The molecule has 0 amide bonds. The summed E-state index contributed by atoms with van der Waals surface area (Å²) in [6.45, 7) is -0.904. The molecule has 1 fully saturated rings. The highest BCUT2D eigenvalue weighted by atomic mass is 32.2. The predicted octanol–water partition coefficient (Wildman–Crippen LogP) is -1.36. The highest BCUT2D eigenvalue weighted by molar-refractivity contribution is 7.91. The monoisotopic (exact) mass is 251 g/mol. The topological polar surface area (TPSA) is 112 Å². The molecule has 2 N–H and O–H groups in total. The summed E-state index contributed by atoms with van der Waals surface area (Å²) in [6.07, 6.45) is 0.295. The smallest absolute Gasteiger partial charge is 0.317 e. The summed E-state index contributed by atoms with van der Waals surface area (Å²) in [7, 11) is -3.14. The van der Waals surface area contributed by atoms with Crippen molar-refractivity contribution in [2.75, 3.05) is 24.6 Å². The molecule has 0 aromatic carbocycles. The fourth-order valence-electron chi connectivity index (χ4n) is 1.72. The zero-order chi connectivity index (χ0) is 12.3. The van der Waals surface area contributed by atoms with Crippen LogP contribution in [0.3, 0.4) is 0 Å². The van der Waals surface area contributed by atoms with Crippen LogP contribution in [-0.2, 0) is 19.4 Å². The standard InChI is InChI=1S/C8H13NO6S/c10-7(11)3-9(4-8(12)13)6-1-2-16(14,15)5-6/h6H,1-5H2,(H,10,11)(H,12,13)/t6-/m0/s1. The molecule has 1 aliphatic rings. The Kier molecular flexibility index (Phi) is 3.87. The molecule has 1 saturated heterocycles. The summed E-state index contributed by atoms with van der Waals surface area (Å²) in [4.78, 5) is 22.2. The van der Waals surface area contributed by atoms with Gasteiger partial charge in [-0.2, -0.15) is 0 Å². The third kappa shape index (κ3) is 3.78. The third-order valence-corrected chi connectivity index (χ3v) is 4.15. The molecule has 0 spiro atoms. The lowest BCUT2D eigenvalue weighted by atomic mass is 10.2. The molecule has 0 saturated carbocycles. The highest BCUT2D eigenvalue weighted by Crippen LogP contribution is 2.17. The summed E-state index contributed by atoms with van der Waals surface area (Å²) in [5.74, 6) is -2.49. The van der Waals surface area contributed by atoms with Crippen LogP contribution in [0.1, 0.15) is 6.42 Å². The van der Waals surface area contributed by atoms with Gasteiger partial charge in [0, 0.05) is 6.04 Å². The van der Waals surface area contributed by atoms with E-state index in [4.69, 9.17) is 10.2 Å². The Morgan fingerprint density at radius 1 is 1.19 bits per heavy atom. The Labute approximate surface area is 92.6 Å².